The monoisotopic (exact) mass is 278 g/mol. The van der Waals surface area contributed by atoms with Crippen molar-refractivity contribution in [1.29, 1.82) is 0 Å². The summed E-state index contributed by atoms with van der Waals surface area (Å²) in [5.74, 6) is 2.56. The third kappa shape index (κ3) is 5.25. The topological polar surface area (TPSA) is 41.1 Å². The predicted octanol–water partition coefficient (Wildman–Crippen LogP) is 2.04. The van der Waals surface area contributed by atoms with Gasteiger partial charge in [-0.25, -0.2) is 0 Å². The molecular weight excluding hydrogens is 256 g/mol. The highest BCUT2D eigenvalue weighted by Crippen LogP contribution is 2.12. The summed E-state index contributed by atoms with van der Waals surface area (Å²) in [6.45, 7) is 2.62. The molecule has 0 aromatic heterocycles. The van der Waals surface area contributed by atoms with E-state index in [1.807, 2.05) is 17.8 Å². The van der Waals surface area contributed by atoms with E-state index in [1.165, 1.54) is 5.56 Å². The van der Waals surface area contributed by atoms with Crippen molar-refractivity contribution in [3.63, 3.8) is 0 Å². The number of rotatable bonds is 7. The molecule has 1 fully saturated rings. The molecule has 0 spiro atoms. The molecule has 1 heterocycles. The lowest BCUT2D eigenvalue weighted by molar-refractivity contribution is -0.124. The van der Waals surface area contributed by atoms with Gasteiger partial charge in [-0.1, -0.05) is 30.3 Å². The highest BCUT2D eigenvalue weighted by Gasteiger charge is 2.21. The van der Waals surface area contributed by atoms with E-state index in [0.717, 1.165) is 44.0 Å². The maximum Gasteiger partial charge on any atom is 0.224 e. The summed E-state index contributed by atoms with van der Waals surface area (Å²) in [5, 5.41) is 6.25. The summed E-state index contributed by atoms with van der Waals surface area (Å²) >= 11 is 1.93. The van der Waals surface area contributed by atoms with E-state index in [0.29, 0.717) is 0 Å². The number of thioether (sulfide) groups is 1. The van der Waals surface area contributed by atoms with Crippen LogP contribution in [0, 0.1) is 5.92 Å². The second-order valence-corrected chi connectivity index (χ2v) is 5.98. The fourth-order valence-corrected chi connectivity index (χ4v) is 3.09. The van der Waals surface area contributed by atoms with E-state index in [4.69, 9.17) is 0 Å². The minimum Gasteiger partial charge on any atom is -0.356 e. The first-order valence-electron chi connectivity index (χ1n) is 6.96. The minimum absolute atomic E-state index is 0.192. The highest BCUT2D eigenvalue weighted by atomic mass is 32.2. The lowest BCUT2D eigenvalue weighted by Gasteiger charge is -2.09. The standard InChI is InChI=1S/C15H22N2OS/c18-15(14-7-9-16-11-14)17-8-4-10-19-12-13-5-2-1-3-6-13/h1-3,5-6,14,16H,4,7-12H2,(H,17,18)/t14-/m0/s1. The Morgan fingerprint density at radius 3 is 2.95 bits per heavy atom. The first-order valence-corrected chi connectivity index (χ1v) is 8.12. The Balaban J connectivity index is 1.49. The van der Waals surface area contributed by atoms with Crippen LogP contribution in [-0.2, 0) is 10.5 Å². The van der Waals surface area contributed by atoms with Gasteiger partial charge in [0.05, 0.1) is 5.92 Å². The third-order valence-corrected chi connectivity index (χ3v) is 4.42. The van der Waals surface area contributed by atoms with Crippen LogP contribution in [0.25, 0.3) is 0 Å². The molecule has 1 amide bonds. The van der Waals surface area contributed by atoms with Gasteiger partial charge in [-0.05, 0) is 30.7 Å². The van der Waals surface area contributed by atoms with Gasteiger partial charge >= 0.3 is 0 Å². The summed E-state index contributed by atoms with van der Waals surface area (Å²) in [4.78, 5) is 11.7. The van der Waals surface area contributed by atoms with Gasteiger partial charge in [0.2, 0.25) is 5.91 Å². The molecular formula is C15H22N2OS. The van der Waals surface area contributed by atoms with Gasteiger partial charge in [0.1, 0.15) is 0 Å². The van der Waals surface area contributed by atoms with Gasteiger partial charge in [0, 0.05) is 18.8 Å². The maximum absolute atomic E-state index is 11.7. The largest absolute Gasteiger partial charge is 0.356 e. The molecule has 19 heavy (non-hydrogen) atoms. The van der Waals surface area contributed by atoms with Gasteiger partial charge in [-0.2, -0.15) is 11.8 Å². The number of amides is 1. The van der Waals surface area contributed by atoms with Crippen LogP contribution in [0.5, 0.6) is 0 Å². The van der Waals surface area contributed by atoms with Crippen LogP contribution in [0.4, 0.5) is 0 Å². The van der Waals surface area contributed by atoms with Crippen molar-refractivity contribution >= 4 is 17.7 Å². The van der Waals surface area contributed by atoms with Crippen molar-refractivity contribution in [3.05, 3.63) is 35.9 Å². The molecule has 2 N–H and O–H groups in total. The molecule has 0 bridgehead atoms. The molecule has 0 radical (unpaired) electrons. The first-order chi connectivity index (χ1) is 9.36. The van der Waals surface area contributed by atoms with Crippen LogP contribution in [0.15, 0.2) is 30.3 Å². The number of benzene rings is 1. The van der Waals surface area contributed by atoms with Gasteiger partial charge in [0.15, 0.2) is 0 Å². The second-order valence-electron chi connectivity index (χ2n) is 4.87. The number of carbonyl (C=O) groups is 1. The summed E-state index contributed by atoms with van der Waals surface area (Å²) in [6.07, 6.45) is 2.03. The Morgan fingerprint density at radius 1 is 1.37 bits per heavy atom. The van der Waals surface area contributed by atoms with Crippen LogP contribution in [0.2, 0.25) is 0 Å². The Kier molecular flexibility index (Phi) is 6.24. The zero-order valence-corrected chi connectivity index (χ0v) is 12.0. The van der Waals surface area contributed by atoms with Crippen LogP contribution in [0.1, 0.15) is 18.4 Å². The summed E-state index contributed by atoms with van der Waals surface area (Å²) in [6, 6.07) is 10.5. The average Bonchev–Trinajstić information content (AvgIpc) is 2.98. The third-order valence-electron chi connectivity index (χ3n) is 3.31. The normalized spacial score (nSPS) is 18.4. The van der Waals surface area contributed by atoms with Crippen molar-refractivity contribution in [1.82, 2.24) is 10.6 Å². The molecule has 104 valence electrons. The average molecular weight is 278 g/mol. The quantitative estimate of drug-likeness (QED) is 0.750. The molecule has 1 atom stereocenters. The lowest BCUT2D eigenvalue weighted by atomic mass is 10.1. The van der Waals surface area contributed by atoms with E-state index < -0.39 is 0 Å². The van der Waals surface area contributed by atoms with Gasteiger partial charge in [-0.3, -0.25) is 4.79 Å². The molecule has 0 saturated carbocycles. The van der Waals surface area contributed by atoms with Crippen molar-refractivity contribution in [2.75, 3.05) is 25.4 Å². The number of carbonyl (C=O) groups excluding carboxylic acids is 1. The molecule has 0 aliphatic carbocycles. The molecule has 0 unspecified atom stereocenters. The molecule has 3 nitrogen and oxygen atoms in total. The van der Waals surface area contributed by atoms with E-state index in [2.05, 4.69) is 34.9 Å². The summed E-state index contributed by atoms with van der Waals surface area (Å²) in [5.41, 5.74) is 1.37. The van der Waals surface area contributed by atoms with Crippen LogP contribution < -0.4 is 10.6 Å². The molecule has 4 heteroatoms. The minimum atomic E-state index is 0.192. The molecule has 1 saturated heterocycles. The molecule has 1 aromatic rings. The predicted molar refractivity (Wildman–Crippen MR) is 81.2 cm³/mol. The lowest BCUT2D eigenvalue weighted by Crippen LogP contribution is -2.32. The Hall–Kier alpha value is -1.00. The maximum atomic E-state index is 11.7. The van der Waals surface area contributed by atoms with E-state index >= 15 is 0 Å². The zero-order chi connectivity index (χ0) is 13.3. The number of hydrogen-bond acceptors (Lipinski definition) is 3. The molecule has 1 aromatic carbocycles. The Labute approximate surface area is 119 Å². The van der Waals surface area contributed by atoms with E-state index in [9.17, 15) is 4.79 Å². The van der Waals surface area contributed by atoms with E-state index in [1.54, 1.807) is 0 Å². The Bertz CT molecular complexity index is 377. The smallest absolute Gasteiger partial charge is 0.224 e. The van der Waals surface area contributed by atoms with Gasteiger partial charge in [-0.15, -0.1) is 0 Å². The van der Waals surface area contributed by atoms with Crippen molar-refractivity contribution < 1.29 is 4.79 Å². The zero-order valence-electron chi connectivity index (χ0n) is 11.2. The highest BCUT2D eigenvalue weighted by molar-refractivity contribution is 7.98. The summed E-state index contributed by atoms with van der Waals surface area (Å²) in [7, 11) is 0. The molecule has 2 rings (SSSR count). The fourth-order valence-electron chi connectivity index (χ4n) is 2.17. The van der Waals surface area contributed by atoms with Crippen LogP contribution in [0.3, 0.4) is 0 Å². The fraction of sp³-hybridized carbons (Fsp3) is 0.533. The van der Waals surface area contributed by atoms with E-state index in [-0.39, 0.29) is 11.8 Å². The van der Waals surface area contributed by atoms with Gasteiger partial charge in [0.25, 0.3) is 0 Å². The first kappa shape index (κ1) is 14.4. The second kappa shape index (κ2) is 8.23. The van der Waals surface area contributed by atoms with Crippen LogP contribution >= 0.6 is 11.8 Å². The van der Waals surface area contributed by atoms with Crippen molar-refractivity contribution in [2.45, 2.75) is 18.6 Å². The van der Waals surface area contributed by atoms with Crippen molar-refractivity contribution in [3.8, 4) is 0 Å². The summed E-state index contributed by atoms with van der Waals surface area (Å²) < 4.78 is 0. The number of nitrogens with one attached hydrogen (secondary N) is 2. The molecule has 1 aliphatic heterocycles. The molecule has 1 aliphatic rings. The SMILES string of the molecule is O=C(NCCCSCc1ccccc1)[C@H]1CCNC1. The van der Waals surface area contributed by atoms with Crippen molar-refractivity contribution in [2.24, 2.45) is 5.92 Å². The van der Waals surface area contributed by atoms with Gasteiger partial charge < -0.3 is 10.6 Å². The Morgan fingerprint density at radius 2 is 2.21 bits per heavy atom. The van der Waals surface area contributed by atoms with Crippen LogP contribution in [-0.4, -0.2) is 31.3 Å². The number of hydrogen-bond donors (Lipinski definition) is 2.